The first-order valence-corrected chi connectivity index (χ1v) is 8.92. The maximum absolute atomic E-state index is 4.46. The summed E-state index contributed by atoms with van der Waals surface area (Å²) in [7, 11) is 0. The molecular weight excluding hydrogens is 350 g/mol. The molecule has 3 heterocycles. The number of aromatic amines is 1. The first-order valence-electron chi connectivity index (χ1n) is 8.92. The molecule has 0 spiro atoms. The number of nitrogens with zero attached hydrogens (tertiary/aromatic N) is 5. The predicted octanol–water partition coefficient (Wildman–Crippen LogP) is 4.05. The van der Waals surface area contributed by atoms with Crippen LogP contribution in [0.1, 0.15) is 11.3 Å². The average Bonchev–Trinajstić information content (AvgIpc) is 3.30. The van der Waals surface area contributed by atoms with E-state index in [1.165, 1.54) is 6.33 Å². The number of hydrogen-bond donors (Lipinski definition) is 2. The van der Waals surface area contributed by atoms with E-state index in [-0.39, 0.29) is 0 Å². The molecule has 0 bridgehead atoms. The highest BCUT2D eigenvalue weighted by atomic mass is 15.3. The van der Waals surface area contributed by atoms with Crippen LogP contribution in [0.5, 0.6) is 0 Å². The van der Waals surface area contributed by atoms with Crippen LogP contribution in [0.4, 0.5) is 5.82 Å². The molecule has 0 unspecified atom stereocenters. The Morgan fingerprint density at radius 1 is 1.00 bits per heavy atom. The number of aryl methyl sites for hydroxylation is 1. The molecule has 5 aromatic rings. The average molecular weight is 367 g/mol. The Kier molecular flexibility index (Phi) is 3.83. The van der Waals surface area contributed by atoms with Crippen molar-refractivity contribution < 1.29 is 0 Å². The molecule has 0 radical (unpaired) electrons. The van der Waals surface area contributed by atoms with Gasteiger partial charge in [-0.1, -0.05) is 36.4 Å². The number of para-hydroxylation sites is 2. The van der Waals surface area contributed by atoms with Gasteiger partial charge in [0.2, 0.25) is 0 Å². The standard InChI is InChI=1S/C21H17N7/c1-14-17(16-9-5-6-10-19(16)26-14)11-24-27-20-18-12-25-28(21(18)23-13-22-20)15-7-3-2-4-8-15/h2-13,26H,1H3,(H,22,23,27)/b24-11+. The van der Waals surface area contributed by atoms with Crippen LogP contribution in [0.2, 0.25) is 0 Å². The Morgan fingerprint density at radius 2 is 1.82 bits per heavy atom. The zero-order valence-electron chi connectivity index (χ0n) is 15.2. The van der Waals surface area contributed by atoms with E-state index in [0.29, 0.717) is 5.82 Å². The second kappa shape index (κ2) is 6.62. The van der Waals surface area contributed by atoms with Crippen LogP contribution < -0.4 is 5.43 Å². The molecule has 0 fully saturated rings. The van der Waals surface area contributed by atoms with Crippen LogP contribution in [0, 0.1) is 6.92 Å². The summed E-state index contributed by atoms with van der Waals surface area (Å²) in [6.45, 7) is 2.04. The Labute approximate surface area is 160 Å². The number of hydrogen-bond acceptors (Lipinski definition) is 5. The van der Waals surface area contributed by atoms with Gasteiger partial charge in [-0.15, -0.1) is 0 Å². The highest BCUT2D eigenvalue weighted by molar-refractivity contribution is 6.01. The van der Waals surface area contributed by atoms with Crippen molar-refractivity contribution >= 4 is 34.0 Å². The Morgan fingerprint density at radius 3 is 2.71 bits per heavy atom. The lowest BCUT2D eigenvalue weighted by Crippen LogP contribution is -1.99. The number of aromatic nitrogens is 5. The lowest BCUT2D eigenvalue weighted by atomic mass is 10.1. The van der Waals surface area contributed by atoms with E-state index in [1.807, 2.05) is 55.6 Å². The van der Waals surface area contributed by atoms with Crippen LogP contribution in [-0.2, 0) is 0 Å². The monoisotopic (exact) mass is 367 g/mol. The van der Waals surface area contributed by atoms with Gasteiger partial charge in [0.1, 0.15) is 6.33 Å². The summed E-state index contributed by atoms with van der Waals surface area (Å²) in [5.74, 6) is 0.612. The van der Waals surface area contributed by atoms with E-state index in [0.717, 1.165) is 38.9 Å². The number of H-pyrrole nitrogens is 1. The van der Waals surface area contributed by atoms with Gasteiger partial charge < -0.3 is 4.98 Å². The largest absolute Gasteiger partial charge is 0.358 e. The SMILES string of the molecule is Cc1[nH]c2ccccc2c1/C=N/Nc1ncnc2c1cnn2-c1ccccc1. The number of nitrogens with one attached hydrogen (secondary N) is 2. The Hall–Kier alpha value is -4.00. The lowest BCUT2D eigenvalue weighted by Gasteiger charge is -2.03. The molecule has 0 amide bonds. The third-order valence-corrected chi connectivity index (χ3v) is 4.67. The van der Waals surface area contributed by atoms with Crippen LogP contribution in [0.15, 0.2) is 72.2 Å². The molecule has 2 N–H and O–H groups in total. The lowest BCUT2D eigenvalue weighted by molar-refractivity contribution is 0.895. The zero-order chi connectivity index (χ0) is 18.9. The summed E-state index contributed by atoms with van der Waals surface area (Å²) in [5.41, 5.74) is 7.91. The van der Waals surface area contributed by atoms with Crippen molar-refractivity contribution in [3.63, 3.8) is 0 Å². The van der Waals surface area contributed by atoms with E-state index in [2.05, 4.69) is 42.7 Å². The summed E-state index contributed by atoms with van der Waals surface area (Å²) in [6, 6.07) is 18.0. The maximum Gasteiger partial charge on any atom is 0.168 e. The van der Waals surface area contributed by atoms with Crippen LogP contribution in [0.25, 0.3) is 27.6 Å². The third kappa shape index (κ3) is 2.69. The minimum Gasteiger partial charge on any atom is -0.358 e. The first-order chi connectivity index (χ1) is 13.8. The van der Waals surface area contributed by atoms with Crippen molar-refractivity contribution in [3.8, 4) is 5.69 Å². The molecule has 0 aliphatic carbocycles. The number of anilines is 1. The smallest absolute Gasteiger partial charge is 0.168 e. The molecule has 7 heteroatoms. The summed E-state index contributed by atoms with van der Waals surface area (Å²) in [5, 5.41) is 10.8. The fourth-order valence-electron chi connectivity index (χ4n) is 3.31. The minimum absolute atomic E-state index is 0.612. The Bertz CT molecular complexity index is 1300. The quantitative estimate of drug-likeness (QED) is 0.371. The van der Waals surface area contributed by atoms with Gasteiger partial charge in [0.05, 0.1) is 23.5 Å². The molecule has 3 aromatic heterocycles. The summed E-state index contributed by atoms with van der Waals surface area (Å²) >= 11 is 0. The summed E-state index contributed by atoms with van der Waals surface area (Å²) in [6.07, 6.45) is 5.07. The van der Waals surface area contributed by atoms with Crippen molar-refractivity contribution in [2.24, 2.45) is 5.10 Å². The van der Waals surface area contributed by atoms with Gasteiger partial charge in [0, 0.05) is 22.2 Å². The Balaban J connectivity index is 1.48. The fraction of sp³-hybridized carbons (Fsp3) is 0.0476. The molecule has 7 nitrogen and oxygen atoms in total. The molecule has 5 rings (SSSR count). The van der Waals surface area contributed by atoms with Gasteiger partial charge in [0.25, 0.3) is 0 Å². The zero-order valence-corrected chi connectivity index (χ0v) is 15.2. The second-order valence-electron chi connectivity index (χ2n) is 6.43. The van der Waals surface area contributed by atoms with Gasteiger partial charge in [0.15, 0.2) is 11.5 Å². The molecule has 0 aliphatic heterocycles. The molecule has 2 aromatic carbocycles. The molecular formula is C21H17N7. The van der Waals surface area contributed by atoms with Crippen molar-refractivity contribution in [3.05, 3.63) is 78.4 Å². The molecule has 0 saturated heterocycles. The molecule has 136 valence electrons. The van der Waals surface area contributed by atoms with Crippen LogP contribution in [-0.4, -0.2) is 30.9 Å². The number of rotatable bonds is 4. The number of hydrazone groups is 1. The number of benzene rings is 2. The van der Waals surface area contributed by atoms with Crippen molar-refractivity contribution in [1.29, 1.82) is 0 Å². The van der Waals surface area contributed by atoms with Crippen molar-refractivity contribution in [1.82, 2.24) is 24.7 Å². The van der Waals surface area contributed by atoms with E-state index >= 15 is 0 Å². The van der Waals surface area contributed by atoms with Crippen LogP contribution in [0.3, 0.4) is 0 Å². The molecule has 0 saturated carbocycles. The first kappa shape index (κ1) is 16.2. The molecule has 28 heavy (non-hydrogen) atoms. The minimum atomic E-state index is 0.612. The van der Waals surface area contributed by atoms with Gasteiger partial charge in [-0.25, -0.2) is 14.6 Å². The molecule has 0 atom stereocenters. The van der Waals surface area contributed by atoms with Gasteiger partial charge >= 0.3 is 0 Å². The predicted molar refractivity (Wildman–Crippen MR) is 111 cm³/mol. The summed E-state index contributed by atoms with van der Waals surface area (Å²) < 4.78 is 1.79. The van der Waals surface area contributed by atoms with Gasteiger partial charge in [-0.05, 0) is 25.1 Å². The van der Waals surface area contributed by atoms with Gasteiger partial charge in [-0.2, -0.15) is 10.2 Å². The highest BCUT2D eigenvalue weighted by Crippen LogP contribution is 2.22. The van der Waals surface area contributed by atoms with E-state index in [4.69, 9.17) is 0 Å². The number of fused-ring (bicyclic) bond motifs is 2. The topological polar surface area (TPSA) is 83.8 Å². The summed E-state index contributed by atoms with van der Waals surface area (Å²) in [4.78, 5) is 12.1. The normalized spacial score (nSPS) is 11.6. The third-order valence-electron chi connectivity index (χ3n) is 4.67. The van der Waals surface area contributed by atoms with Crippen LogP contribution >= 0.6 is 0 Å². The van der Waals surface area contributed by atoms with E-state index in [9.17, 15) is 0 Å². The highest BCUT2D eigenvalue weighted by Gasteiger charge is 2.11. The van der Waals surface area contributed by atoms with Gasteiger partial charge in [-0.3, -0.25) is 5.43 Å². The van der Waals surface area contributed by atoms with E-state index in [1.54, 1.807) is 10.9 Å². The fourth-order valence-corrected chi connectivity index (χ4v) is 3.31. The maximum atomic E-state index is 4.46. The second-order valence-corrected chi connectivity index (χ2v) is 6.43. The van der Waals surface area contributed by atoms with Crippen molar-refractivity contribution in [2.75, 3.05) is 5.43 Å². The molecule has 0 aliphatic rings. The van der Waals surface area contributed by atoms with E-state index < -0.39 is 0 Å². The van der Waals surface area contributed by atoms with Crippen molar-refractivity contribution in [2.45, 2.75) is 6.92 Å².